The van der Waals surface area contributed by atoms with Crippen LogP contribution in [0.15, 0.2) is 42.5 Å². The fourth-order valence-corrected chi connectivity index (χ4v) is 3.47. The Balaban J connectivity index is 1.78. The van der Waals surface area contributed by atoms with Crippen molar-refractivity contribution in [3.05, 3.63) is 63.7 Å². The zero-order valence-electron chi connectivity index (χ0n) is 16.1. The Labute approximate surface area is 168 Å². The summed E-state index contributed by atoms with van der Waals surface area (Å²) in [7, 11) is 1.32. The van der Waals surface area contributed by atoms with E-state index >= 15 is 0 Å². The minimum Gasteiger partial charge on any atom is -0.490 e. The Morgan fingerprint density at radius 2 is 1.79 bits per heavy atom. The maximum Gasteiger partial charge on any atom is 0.311 e. The molecule has 3 rings (SSSR count). The average Bonchev–Trinajstić information content (AvgIpc) is 2.74. The van der Waals surface area contributed by atoms with E-state index in [0.29, 0.717) is 11.3 Å². The molecule has 29 heavy (non-hydrogen) atoms. The number of carbonyl (C=O) groups excluding carboxylic acids is 2. The Kier molecular flexibility index (Phi) is 6.43. The number of anilines is 1. The van der Waals surface area contributed by atoms with Crippen LogP contribution in [-0.2, 0) is 0 Å². The average molecular weight is 397 g/mol. The van der Waals surface area contributed by atoms with Gasteiger partial charge < -0.3 is 15.4 Å². The molecule has 0 spiro atoms. The number of carbonyl (C=O) groups is 2. The molecule has 0 aliphatic heterocycles. The maximum absolute atomic E-state index is 12.7. The van der Waals surface area contributed by atoms with Crippen LogP contribution in [0, 0.1) is 10.1 Å². The first-order valence-corrected chi connectivity index (χ1v) is 9.53. The number of para-hydroxylation sites is 1. The summed E-state index contributed by atoms with van der Waals surface area (Å²) in [5.41, 5.74) is 0.502. The van der Waals surface area contributed by atoms with Crippen molar-refractivity contribution in [1.29, 1.82) is 0 Å². The van der Waals surface area contributed by atoms with Gasteiger partial charge in [-0.15, -0.1) is 0 Å². The second-order valence-electron chi connectivity index (χ2n) is 6.95. The number of benzene rings is 2. The second-order valence-corrected chi connectivity index (χ2v) is 6.95. The van der Waals surface area contributed by atoms with Crippen LogP contribution in [0.4, 0.5) is 11.4 Å². The highest BCUT2D eigenvalue weighted by atomic mass is 16.6. The number of methoxy groups -OCH3 is 1. The highest BCUT2D eigenvalue weighted by molar-refractivity contribution is 6.09. The summed E-state index contributed by atoms with van der Waals surface area (Å²) in [6.07, 6.45) is 5.29. The van der Waals surface area contributed by atoms with E-state index < -0.39 is 10.8 Å². The normalized spacial score (nSPS) is 14.1. The number of nitro benzene ring substituents is 1. The third-order valence-electron chi connectivity index (χ3n) is 5.00. The molecule has 0 bridgehead atoms. The van der Waals surface area contributed by atoms with E-state index in [4.69, 9.17) is 4.74 Å². The number of nitrogens with zero attached hydrogens (tertiary/aromatic N) is 1. The van der Waals surface area contributed by atoms with Crippen LogP contribution in [0.2, 0.25) is 0 Å². The molecule has 8 nitrogen and oxygen atoms in total. The summed E-state index contributed by atoms with van der Waals surface area (Å²) < 4.78 is 4.96. The lowest BCUT2D eigenvalue weighted by Gasteiger charge is -2.23. The van der Waals surface area contributed by atoms with Crippen molar-refractivity contribution in [2.75, 3.05) is 12.4 Å². The van der Waals surface area contributed by atoms with Crippen LogP contribution >= 0.6 is 0 Å². The van der Waals surface area contributed by atoms with Crippen molar-refractivity contribution < 1.29 is 19.2 Å². The second kappa shape index (κ2) is 9.18. The Morgan fingerprint density at radius 1 is 1.07 bits per heavy atom. The number of hydrogen-bond acceptors (Lipinski definition) is 5. The summed E-state index contributed by atoms with van der Waals surface area (Å²) in [6.45, 7) is 0. The Hall–Kier alpha value is -3.42. The topological polar surface area (TPSA) is 111 Å². The molecule has 0 radical (unpaired) electrons. The van der Waals surface area contributed by atoms with Crippen molar-refractivity contribution in [2.45, 2.75) is 38.1 Å². The number of rotatable bonds is 6. The predicted octanol–water partition coefficient (Wildman–Crippen LogP) is 3.92. The standard InChI is InChI=1S/C21H23N3O5/c1-29-19-12-11-14(13-18(19)24(27)28)20(25)23-17-10-6-5-9-16(17)21(26)22-15-7-3-2-4-8-15/h5-6,9-13,15H,2-4,7-8H2,1H3,(H,22,26)(H,23,25). The smallest absolute Gasteiger partial charge is 0.311 e. The molecule has 2 aromatic carbocycles. The van der Waals surface area contributed by atoms with Crippen molar-refractivity contribution in [3.8, 4) is 5.75 Å². The number of amides is 2. The van der Waals surface area contributed by atoms with Crippen LogP contribution in [0.5, 0.6) is 5.75 Å². The van der Waals surface area contributed by atoms with Gasteiger partial charge in [-0.3, -0.25) is 19.7 Å². The molecule has 152 valence electrons. The van der Waals surface area contributed by atoms with Crippen molar-refractivity contribution in [1.82, 2.24) is 5.32 Å². The van der Waals surface area contributed by atoms with E-state index in [-0.39, 0.29) is 28.9 Å². The molecule has 0 unspecified atom stereocenters. The van der Waals surface area contributed by atoms with Crippen LogP contribution < -0.4 is 15.4 Å². The highest BCUT2D eigenvalue weighted by Gasteiger charge is 2.21. The van der Waals surface area contributed by atoms with E-state index in [2.05, 4.69) is 10.6 Å². The lowest BCUT2D eigenvalue weighted by atomic mass is 9.95. The van der Waals surface area contributed by atoms with E-state index in [1.54, 1.807) is 24.3 Å². The fraction of sp³-hybridized carbons (Fsp3) is 0.333. The molecule has 0 aromatic heterocycles. The minimum absolute atomic E-state index is 0.0683. The van der Waals surface area contributed by atoms with E-state index in [9.17, 15) is 19.7 Å². The van der Waals surface area contributed by atoms with E-state index in [0.717, 1.165) is 31.7 Å². The lowest BCUT2D eigenvalue weighted by molar-refractivity contribution is -0.385. The molecule has 0 heterocycles. The number of nitro groups is 1. The summed E-state index contributed by atoms with van der Waals surface area (Å²) in [5, 5.41) is 16.9. The number of hydrogen-bond donors (Lipinski definition) is 2. The van der Waals surface area contributed by atoms with Gasteiger partial charge in [-0.1, -0.05) is 31.4 Å². The molecule has 0 atom stereocenters. The van der Waals surface area contributed by atoms with Gasteiger partial charge in [-0.25, -0.2) is 0 Å². The maximum atomic E-state index is 12.7. The molecule has 1 saturated carbocycles. The number of ether oxygens (including phenoxy) is 1. The van der Waals surface area contributed by atoms with Crippen LogP contribution in [-0.4, -0.2) is 29.9 Å². The van der Waals surface area contributed by atoms with Gasteiger partial charge in [0.25, 0.3) is 11.8 Å². The molecular formula is C21H23N3O5. The van der Waals surface area contributed by atoms with Crippen LogP contribution in [0.1, 0.15) is 52.8 Å². The van der Waals surface area contributed by atoms with Gasteiger partial charge in [0.1, 0.15) is 0 Å². The van der Waals surface area contributed by atoms with Gasteiger partial charge in [0.15, 0.2) is 5.75 Å². The van der Waals surface area contributed by atoms with Crippen molar-refractivity contribution in [2.24, 2.45) is 0 Å². The van der Waals surface area contributed by atoms with Crippen molar-refractivity contribution in [3.63, 3.8) is 0 Å². The molecule has 1 fully saturated rings. The summed E-state index contributed by atoms with van der Waals surface area (Å²) in [4.78, 5) is 35.9. The zero-order chi connectivity index (χ0) is 20.8. The van der Waals surface area contributed by atoms with Gasteiger partial charge in [-0.05, 0) is 37.1 Å². The molecule has 1 aliphatic rings. The summed E-state index contributed by atoms with van der Waals surface area (Å²) in [6, 6.07) is 10.8. The fourth-order valence-electron chi connectivity index (χ4n) is 3.47. The van der Waals surface area contributed by atoms with Gasteiger partial charge >= 0.3 is 5.69 Å². The quantitative estimate of drug-likeness (QED) is 0.567. The van der Waals surface area contributed by atoms with Crippen LogP contribution in [0.3, 0.4) is 0 Å². The van der Waals surface area contributed by atoms with Crippen LogP contribution in [0.25, 0.3) is 0 Å². The van der Waals surface area contributed by atoms with Gasteiger partial charge in [0.05, 0.1) is 23.3 Å². The zero-order valence-corrected chi connectivity index (χ0v) is 16.1. The summed E-state index contributed by atoms with van der Waals surface area (Å²) in [5.74, 6) is -0.721. The first-order valence-electron chi connectivity index (χ1n) is 9.53. The molecule has 0 saturated heterocycles. The Morgan fingerprint density at radius 3 is 2.48 bits per heavy atom. The minimum atomic E-state index is -0.610. The first-order chi connectivity index (χ1) is 14.0. The molecule has 2 aromatic rings. The van der Waals surface area contributed by atoms with Gasteiger partial charge in [-0.2, -0.15) is 0 Å². The molecule has 2 N–H and O–H groups in total. The largest absolute Gasteiger partial charge is 0.490 e. The summed E-state index contributed by atoms with van der Waals surface area (Å²) >= 11 is 0. The molecular weight excluding hydrogens is 374 g/mol. The molecule has 8 heteroatoms. The molecule has 1 aliphatic carbocycles. The monoisotopic (exact) mass is 397 g/mol. The van der Waals surface area contributed by atoms with E-state index in [1.165, 1.54) is 25.7 Å². The first kappa shape index (κ1) is 20.3. The predicted molar refractivity (Wildman–Crippen MR) is 108 cm³/mol. The van der Waals surface area contributed by atoms with E-state index in [1.807, 2.05) is 0 Å². The number of nitrogens with one attached hydrogen (secondary N) is 2. The van der Waals surface area contributed by atoms with Gasteiger partial charge in [0.2, 0.25) is 0 Å². The third kappa shape index (κ3) is 4.90. The SMILES string of the molecule is COc1ccc(C(=O)Nc2ccccc2C(=O)NC2CCCCC2)cc1[N+](=O)[O-]. The third-order valence-corrected chi connectivity index (χ3v) is 5.00. The van der Waals surface area contributed by atoms with Gasteiger partial charge in [0, 0.05) is 17.7 Å². The highest BCUT2D eigenvalue weighted by Crippen LogP contribution is 2.28. The Bertz CT molecular complexity index is 922. The lowest BCUT2D eigenvalue weighted by Crippen LogP contribution is -2.36. The van der Waals surface area contributed by atoms with Crippen molar-refractivity contribution >= 4 is 23.2 Å². The molecule has 2 amide bonds.